The van der Waals surface area contributed by atoms with E-state index in [1.165, 1.54) is 26.4 Å². The van der Waals surface area contributed by atoms with Crippen LogP contribution in [-0.2, 0) is 9.47 Å². The number of ether oxygens (including phenoxy) is 4. The van der Waals surface area contributed by atoms with Gasteiger partial charge in [0.15, 0.2) is 11.5 Å². The lowest BCUT2D eigenvalue weighted by Crippen LogP contribution is -2.15. The molecule has 35 heavy (non-hydrogen) atoms. The van der Waals surface area contributed by atoms with Crippen molar-refractivity contribution in [3.63, 3.8) is 0 Å². The summed E-state index contributed by atoms with van der Waals surface area (Å²) in [5.41, 5.74) is 1.05. The van der Waals surface area contributed by atoms with Gasteiger partial charge in [-0.15, -0.1) is 11.3 Å². The average Bonchev–Trinajstić information content (AvgIpc) is 3.47. The number of amides is 2. The second kappa shape index (κ2) is 9.85. The second-order valence-electron chi connectivity index (χ2n) is 7.27. The molecule has 0 saturated carbocycles. The first-order valence-electron chi connectivity index (χ1n) is 10.3. The van der Waals surface area contributed by atoms with Crippen molar-refractivity contribution >= 4 is 45.8 Å². The maximum Gasteiger partial charge on any atom is 0.341 e. The van der Waals surface area contributed by atoms with Gasteiger partial charge in [-0.05, 0) is 42.8 Å². The Morgan fingerprint density at radius 2 is 1.60 bits per heavy atom. The van der Waals surface area contributed by atoms with Gasteiger partial charge in [0, 0.05) is 5.56 Å². The van der Waals surface area contributed by atoms with E-state index < -0.39 is 23.8 Å². The highest BCUT2D eigenvalue weighted by Gasteiger charge is 2.28. The smallest absolute Gasteiger partial charge is 0.341 e. The van der Waals surface area contributed by atoms with Gasteiger partial charge < -0.3 is 29.6 Å². The normalized spacial score (nSPS) is 11.5. The molecule has 0 unspecified atom stereocenters. The van der Waals surface area contributed by atoms with Crippen LogP contribution in [-0.4, -0.2) is 44.8 Å². The lowest BCUT2D eigenvalue weighted by atomic mass is 10.1. The van der Waals surface area contributed by atoms with E-state index >= 15 is 0 Å². The molecule has 0 radical (unpaired) electrons. The number of nitrogens with one attached hydrogen (secondary N) is 2. The minimum atomic E-state index is -0.714. The number of methoxy groups -OCH3 is 2. The van der Waals surface area contributed by atoms with Crippen LogP contribution in [0, 0.1) is 6.92 Å². The molecule has 2 amide bonds. The van der Waals surface area contributed by atoms with Gasteiger partial charge >= 0.3 is 11.9 Å². The molecular weight excluding hydrogens is 476 g/mol. The van der Waals surface area contributed by atoms with E-state index in [1.54, 1.807) is 37.3 Å². The van der Waals surface area contributed by atoms with Crippen LogP contribution in [0.1, 0.15) is 46.3 Å². The van der Waals surface area contributed by atoms with Gasteiger partial charge in [-0.3, -0.25) is 9.59 Å². The van der Waals surface area contributed by atoms with Crippen LogP contribution in [0.15, 0.2) is 42.5 Å². The highest BCUT2D eigenvalue weighted by Crippen LogP contribution is 2.36. The standard InChI is InChI=1S/C24H20N2O8S/c1-12-18(24(30)32-3)22(26-20(27)13-8-9-16-17(10-13)34-11-33-16)35-19(12)21(28)25-15-7-5-4-6-14(15)23(29)31-2/h4-10H,11H2,1-3H3,(H,25,28)(H,26,27). The number of hydrogen-bond acceptors (Lipinski definition) is 9. The summed E-state index contributed by atoms with van der Waals surface area (Å²) in [5.74, 6) is -1.47. The molecule has 2 N–H and O–H groups in total. The highest BCUT2D eigenvalue weighted by molar-refractivity contribution is 7.19. The first-order valence-corrected chi connectivity index (χ1v) is 11.1. The summed E-state index contributed by atoms with van der Waals surface area (Å²) in [6.07, 6.45) is 0. The van der Waals surface area contributed by atoms with Crippen molar-refractivity contribution in [3.8, 4) is 11.5 Å². The Balaban J connectivity index is 1.64. The number of thiophene rings is 1. The van der Waals surface area contributed by atoms with Crippen molar-refractivity contribution < 1.29 is 38.1 Å². The van der Waals surface area contributed by atoms with Crippen molar-refractivity contribution in [2.24, 2.45) is 0 Å². The third-order valence-electron chi connectivity index (χ3n) is 5.18. The van der Waals surface area contributed by atoms with E-state index in [-0.39, 0.29) is 39.0 Å². The topological polar surface area (TPSA) is 129 Å². The Morgan fingerprint density at radius 3 is 2.34 bits per heavy atom. The van der Waals surface area contributed by atoms with Crippen molar-refractivity contribution in [2.45, 2.75) is 6.92 Å². The summed E-state index contributed by atoms with van der Waals surface area (Å²) in [5, 5.41) is 5.49. The Labute approximate surface area is 203 Å². The summed E-state index contributed by atoms with van der Waals surface area (Å²) >= 11 is 0.909. The number of benzene rings is 2. The first-order chi connectivity index (χ1) is 16.8. The molecular formula is C24H20N2O8S. The first kappa shape index (κ1) is 23.8. The molecule has 1 aromatic heterocycles. The van der Waals surface area contributed by atoms with Gasteiger partial charge in [-0.2, -0.15) is 0 Å². The number of carbonyl (C=O) groups is 4. The van der Waals surface area contributed by atoms with Crippen LogP contribution < -0.4 is 20.1 Å². The molecule has 1 aliphatic rings. The van der Waals surface area contributed by atoms with Gasteiger partial charge in [-0.25, -0.2) is 9.59 Å². The molecule has 4 rings (SSSR count). The van der Waals surface area contributed by atoms with Gasteiger partial charge in [0.2, 0.25) is 6.79 Å². The van der Waals surface area contributed by atoms with E-state index in [0.29, 0.717) is 17.1 Å². The van der Waals surface area contributed by atoms with Crippen molar-refractivity contribution in [1.82, 2.24) is 0 Å². The number of hydrogen-bond donors (Lipinski definition) is 2. The molecule has 0 saturated heterocycles. The Hall–Kier alpha value is -4.38. The third-order valence-corrected chi connectivity index (χ3v) is 6.39. The molecule has 0 atom stereocenters. The largest absolute Gasteiger partial charge is 0.465 e. The van der Waals surface area contributed by atoms with E-state index in [1.807, 2.05) is 0 Å². The molecule has 180 valence electrons. The molecule has 0 spiro atoms. The van der Waals surface area contributed by atoms with E-state index in [0.717, 1.165) is 11.3 Å². The molecule has 2 aromatic carbocycles. The van der Waals surface area contributed by atoms with Crippen LogP contribution in [0.2, 0.25) is 0 Å². The van der Waals surface area contributed by atoms with Crippen LogP contribution in [0.25, 0.3) is 0 Å². The van der Waals surface area contributed by atoms with Gasteiger partial charge in [0.25, 0.3) is 11.8 Å². The Morgan fingerprint density at radius 1 is 0.886 bits per heavy atom. The zero-order valence-corrected chi connectivity index (χ0v) is 19.7. The minimum Gasteiger partial charge on any atom is -0.465 e. The molecule has 3 aromatic rings. The fourth-order valence-electron chi connectivity index (χ4n) is 3.44. The number of esters is 2. The summed E-state index contributed by atoms with van der Waals surface area (Å²) in [6, 6.07) is 11.0. The highest BCUT2D eigenvalue weighted by atomic mass is 32.1. The zero-order valence-electron chi connectivity index (χ0n) is 18.9. The van der Waals surface area contributed by atoms with Crippen molar-refractivity contribution in [2.75, 3.05) is 31.6 Å². The maximum atomic E-state index is 13.1. The summed E-state index contributed by atoms with van der Waals surface area (Å²) in [7, 11) is 2.44. The molecule has 2 heterocycles. The number of para-hydroxylation sites is 1. The van der Waals surface area contributed by atoms with Gasteiger partial charge in [0.1, 0.15) is 5.00 Å². The average molecular weight is 496 g/mol. The number of carbonyl (C=O) groups excluding carboxylic acids is 4. The van der Waals surface area contributed by atoms with Crippen LogP contribution in [0.4, 0.5) is 10.7 Å². The maximum absolute atomic E-state index is 13.1. The second-order valence-corrected chi connectivity index (χ2v) is 8.29. The van der Waals surface area contributed by atoms with Gasteiger partial charge in [0.05, 0.1) is 35.9 Å². The molecule has 0 bridgehead atoms. The molecule has 10 nitrogen and oxygen atoms in total. The van der Waals surface area contributed by atoms with E-state index in [4.69, 9.17) is 18.9 Å². The lowest BCUT2D eigenvalue weighted by molar-refractivity contribution is 0.0592. The van der Waals surface area contributed by atoms with E-state index in [2.05, 4.69) is 10.6 Å². The summed E-state index contributed by atoms with van der Waals surface area (Å²) in [4.78, 5) is 50.7. The fourth-order valence-corrected chi connectivity index (χ4v) is 4.52. The van der Waals surface area contributed by atoms with Crippen LogP contribution in [0.5, 0.6) is 11.5 Å². The monoisotopic (exact) mass is 496 g/mol. The fraction of sp³-hybridized carbons (Fsp3) is 0.167. The number of rotatable bonds is 6. The number of anilines is 2. The van der Waals surface area contributed by atoms with Gasteiger partial charge in [-0.1, -0.05) is 12.1 Å². The SMILES string of the molecule is COC(=O)c1ccccc1NC(=O)c1sc(NC(=O)c2ccc3c(c2)OCO3)c(C(=O)OC)c1C. The minimum absolute atomic E-state index is 0.0537. The quantitative estimate of drug-likeness (QED) is 0.492. The van der Waals surface area contributed by atoms with Crippen molar-refractivity contribution in [3.05, 3.63) is 69.6 Å². The third kappa shape index (κ3) is 4.66. The van der Waals surface area contributed by atoms with E-state index in [9.17, 15) is 19.2 Å². The Kier molecular flexibility index (Phi) is 6.69. The van der Waals surface area contributed by atoms with Crippen LogP contribution >= 0.6 is 11.3 Å². The number of fused-ring (bicyclic) bond motifs is 1. The van der Waals surface area contributed by atoms with Crippen molar-refractivity contribution in [1.29, 1.82) is 0 Å². The van der Waals surface area contributed by atoms with Crippen LogP contribution in [0.3, 0.4) is 0 Å². The molecule has 1 aliphatic heterocycles. The lowest BCUT2D eigenvalue weighted by Gasteiger charge is -2.09. The molecule has 0 aliphatic carbocycles. The molecule has 0 fully saturated rings. The Bertz CT molecular complexity index is 1350. The summed E-state index contributed by atoms with van der Waals surface area (Å²) in [6.45, 7) is 1.63. The summed E-state index contributed by atoms with van der Waals surface area (Å²) < 4.78 is 20.2. The zero-order chi connectivity index (χ0) is 25.1. The predicted octanol–water partition coefficient (Wildman–Crippen LogP) is 3.86. The predicted molar refractivity (Wildman–Crippen MR) is 127 cm³/mol. The molecule has 11 heteroatoms.